The van der Waals surface area contributed by atoms with Gasteiger partial charge in [-0.15, -0.1) is 0 Å². The first-order valence-corrected chi connectivity index (χ1v) is 7.22. The summed E-state index contributed by atoms with van der Waals surface area (Å²) >= 11 is 1.35. The molecule has 0 unspecified atom stereocenters. The first-order valence-electron chi connectivity index (χ1n) is 4.77. The SMILES string of the molecule is CC(C)SC(=N)NC(=O)C(C)C.O=P(O)(O)O. The van der Waals surface area contributed by atoms with Crippen molar-refractivity contribution in [2.45, 2.75) is 32.9 Å². The number of nitrogens with one attached hydrogen (secondary N) is 2. The topological polar surface area (TPSA) is 131 Å². The predicted molar refractivity (Wildman–Crippen MR) is 67.7 cm³/mol. The second kappa shape index (κ2) is 8.66. The van der Waals surface area contributed by atoms with Gasteiger partial charge in [0.25, 0.3) is 0 Å². The minimum absolute atomic E-state index is 0.0573. The summed E-state index contributed by atoms with van der Waals surface area (Å²) < 4.78 is 8.88. The molecule has 5 N–H and O–H groups in total. The maximum atomic E-state index is 11.1. The van der Waals surface area contributed by atoms with Crippen LogP contribution < -0.4 is 5.32 Å². The van der Waals surface area contributed by atoms with Crippen molar-refractivity contribution in [1.29, 1.82) is 5.41 Å². The van der Waals surface area contributed by atoms with Gasteiger partial charge >= 0.3 is 7.82 Å². The molecule has 0 aliphatic heterocycles. The van der Waals surface area contributed by atoms with Crippen LogP contribution in [-0.2, 0) is 9.36 Å². The fourth-order valence-corrected chi connectivity index (χ4v) is 1.15. The molecule has 0 rings (SSSR count). The fourth-order valence-electron chi connectivity index (χ4n) is 0.521. The molecular formula is C8H19N2O5PS. The summed E-state index contributed by atoms with van der Waals surface area (Å²) in [5, 5.41) is 10.5. The molecule has 0 aliphatic rings. The van der Waals surface area contributed by atoms with Crippen molar-refractivity contribution in [2.75, 3.05) is 0 Å². The van der Waals surface area contributed by atoms with Crippen LogP contribution in [0.25, 0.3) is 0 Å². The Kier molecular flexibility index (Phi) is 9.65. The van der Waals surface area contributed by atoms with E-state index in [1.165, 1.54) is 11.8 Å². The van der Waals surface area contributed by atoms with Crippen molar-refractivity contribution in [3.63, 3.8) is 0 Å². The number of amides is 1. The Morgan fingerprint density at radius 3 is 1.82 bits per heavy atom. The molecule has 17 heavy (non-hydrogen) atoms. The third-order valence-corrected chi connectivity index (χ3v) is 1.92. The van der Waals surface area contributed by atoms with Gasteiger partial charge in [0.05, 0.1) is 0 Å². The maximum absolute atomic E-state index is 11.1. The van der Waals surface area contributed by atoms with E-state index < -0.39 is 7.82 Å². The molecule has 0 aromatic heterocycles. The van der Waals surface area contributed by atoms with Crippen LogP contribution >= 0.6 is 19.6 Å². The van der Waals surface area contributed by atoms with Gasteiger partial charge < -0.3 is 20.0 Å². The molecule has 0 aromatic rings. The van der Waals surface area contributed by atoms with E-state index in [1.807, 2.05) is 27.7 Å². The molecule has 1 amide bonds. The van der Waals surface area contributed by atoms with Gasteiger partial charge in [0.2, 0.25) is 5.91 Å². The Hall–Kier alpha value is -0.400. The molecule has 0 spiro atoms. The van der Waals surface area contributed by atoms with Crippen molar-refractivity contribution in [1.82, 2.24) is 5.32 Å². The Labute approximate surface area is 105 Å². The van der Waals surface area contributed by atoms with Gasteiger partial charge in [-0.2, -0.15) is 0 Å². The quantitative estimate of drug-likeness (QED) is 0.291. The highest BCUT2D eigenvalue weighted by Gasteiger charge is 2.09. The van der Waals surface area contributed by atoms with Gasteiger partial charge in [0, 0.05) is 11.2 Å². The monoisotopic (exact) mass is 286 g/mol. The lowest BCUT2D eigenvalue weighted by Crippen LogP contribution is -2.31. The molecule has 7 nitrogen and oxygen atoms in total. The molecule has 0 heterocycles. The van der Waals surface area contributed by atoms with E-state index in [2.05, 4.69) is 5.32 Å². The molecule has 0 bridgehead atoms. The summed E-state index contributed by atoms with van der Waals surface area (Å²) in [6.07, 6.45) is 0. The highest BCUT2D eigenvalue weighted by molar-refractivity contribution is 8.14. The molecule has 0 saturated heterocycles. The van der Waals surface area contributed by atoms with E-state index in [1.54, 1.807) is 0 Å². The third-order valence-electron chi connectivity index (χ3n) is 1.11. The van der Waals surface area contributed by atoms with Crippen LogP contribution in [0.5, 0.6) is 0 Å². The average molecular weight is 286 g/mol. The summed E-state index contributed by atoms with van der Waals surface area (Å²) in [6.45, 7) is 7.59. The van der Waals surface area contributed by atoms with Gasteiger partial charge in [-0.25, -0.2) is 4.57 Å². The van der Waals surface area contributed by atoms with Crippen molar-refractivity contribution < 1.29 is 24.0 Å². The van der Waals surface area contributed by atoms with Gasteiger partial charge in [-0.3, -0.25) is 10.2 Å². The van der Waals surface area contributed by atoms with Gasteiger partial charge in [0.1, 0.15) is 0 Å². The van der Waals surface area contributed by atoms with Crippen molar-refractivity contribution >= 4 is 30.7 Å². The van der Waals surface area contributed by atoms with E-state index in [0.29, 0.717) is 5.25 Å². The summed E-state index contributed by atoms with van der Waals surface area (Å²) in [5.41, 5.74) is 0. The van der Waals surface area contributed by atoms with Crippen molar-refractivity contribution in [3.8, 4) is 0 Å². The maximum Gasteiger partial charge on any atom is 0.466 e. The number of phosphoric acid groups is 1. The van der Waals surface area contributed by atoms with Gasteiger partial charge in [-0.05, 0) is 0 Å². The van der Waals surface area contributed by atoms with Gasteiger partial charge in [-0.1, -0.05) is 39.5 Å². The van der Waals surface area contributed by atoms with Crippen molar-refractivity contribution in [3.05, 3.63) is 0 Å². The Balaban J connectivity index is 0. The fraction of sp³-hybridized carbons (Fsp3) is 0.750. The molecule has 0 aliphatic carbocycles. The largest absolute Gasteiger partial charge is 0.466 e. The Morgan fingerprint density at radius 2 is 1.59 bits per heavy atom. The molecule has 9 heteroatoms. The van der Waals surface area contributed by atoms with Crippen LogP contribution in [-0.4, -0.2) is 31.0 Å². The standard InChI is InChI=1S/C8H16N2OS.H3O4P/c1-5(2)7(11)10-8(9)12-6(3)4;1-5(2,3)4/h5-6H,1-4H3,(H2,9,10,11);(H3,1,2,3,4). The number of carbonyl (C=O) groups is 1. The molecular weight excluding hydrogens is 267 g/mol. The molecule has 0 radical (unpaired) electrons. The van der Waals surface area contributed by atoms with E-state index in [0.717, 1.165) is 0 Å². The molecule has 0 atom stereocenters. The number of hydrogen-bond acceptors (Lipinski definition) is 4. The van der Waals surface area contributed by atoms with Gasteiger partial charge in [0.15, 0.2) is 5.17 Å². The minimum atomic E-state index is -4.64. The van der Waals surface area contributed by atoms with E-state index in [-0.39, 0.29) is 17.0 Å². The number of rotatable bonds is 2. The van der Waals surface area contributed by atoms with Crippen LogP contribution in [0.2, 0.25) is 0 Å². The lowest BCUT2D eigenvalue weighted by molar-refractivity contribution is -0.122. The summed E-state index contributed by atoms with van der Waals surface area (Å²) in [6, 6.07) is 0. The lowest BCUT2D eigenvalue weighted by atomic mass is 10.2. The second-order valence-electron chi connectivity index (χ2n) is 3.65. The van der Waals surface area contributed by atoms with Crippen LogP contribution in [0.15, 0.2) is 0 Å². The molecule has 0 fully saturated rings. The molecule has 0 aromatic carbocycles. The third kappa shape index (κ3) is 21.4. The first kappa shape index (κ1) is 19.0. The number of hydrogen-bond donors (Lipinski definition) is 5. The predicted octanol–water partition coefficient (Wildman–Crippen LogP) is 0.906. The normalized spacial score (nSPS) is 10.9. The number of carbonyl (C=O) groups excluding carboxylic acids is 1. The number of amidine groups is 1. The Bertz CT molecular complexity index is 294. The smallest absolute Gasteiger partial charge is 0.305 e. The summed E-state index contributed by atoms with van der Waals surface area (Å²) in [4.78, 5) is 32.6. The average Bonchev–Trinajstić information content (AvgIpc) is 1.97. The molecule has 0 saturated carbocycles. The summed E-state index contributed by atoms with van der Waals surface area (Å²) in [7, 11) is -4.64. The van der Waals surface area contributed by atoms with E-state index in [4.69, 9.17) is 24.7 Å². The zero-order valence-electron chi connectivity index (χ0n) is 10.2. The molecule has 102 valence electrons. The minimum Gasteiger partial charge on any atom is -0.305 e. The van der Waals surface area contributed by atoms with E-state index >= 15 is 0 Å². The number of thioether (sulfide) groups is 1. The van der Waals surface area contributed by atoms with Crippen molar-refractivity contribution in [2.24, 2.45) is 5.92 Å². The zero-order chi connectivity index (χ0) is 14.2. The first-order chi connectivity index (χ1) is 7.43. The van der Waals surface area contributed by atoms with Crippen LogP contribution in [0.3, 0.4) is 0 Å². The highest BCUT2D eigenvalue weighted by Crippen LogP contribution is 2.25. The van der Waals surface area contributed by atoms with Crippen LogP contribution in [0.4, 0.5) is 0 Å². The van der Waals surface area contributed by atoms with Crippen LogP contribution in [0, 0.1) is 11.3 Å². The highest BCUT2D eigenvalue weighted by atomic mass is 32.2. The van der Waals surface area contributed by atoms with E-state index in [9.17, 15) is 4.79 Å². The Morgan fingerprint density at radius 1 is 1.24 bits per heavy atom. The second-order valence-corrected chi connectivity index (χ2v) is 6.27. The lowest BCUT2D eigenvalue weighted by Gasteiger charge is -2.09. The summed E-state index contributed by atoms with van der Waals surface area (Å²) in [5.74, 6) is -0.147. The van der Waals surface area contributed by atoms with Crippen LogP contribution in [0.1, 0.15) is 27.7 Å². The zero-order valence-corrected chi connectivity index (χ0v) is 11.9.